The van der Waals surface area contributed by atoms with Crippen molar-refractivity contribution in [1.29, 1.82) is 0 Å². The van der Waals surface area contributed by atoms with E-state index in [9.17, 15) is 4.79 Å². The lowest BCUT2D eigenvalue weighted by Gasteiger charge is -2.04. The van der Waals surface area contributed by atoms with Gasteiger partial charge in [-0.05, 0) is 24.6 Å². The van der Waals surface area contributed by atoms with Gasteiger partial charge >= 0.3 is 0 Å². The van der Waals surface area contributed by atoms with Crippen molar-refractivity contribution in [2.45, 2.75) is 12.7 Å². The smallest absolute Gasteiger partial charge is 0.249 e. The number of benzene rings is 2. The molecule has 0 aliphatic heterocycles. The van der Waals surface area contributed by atoms with Crippen LogP contribution in [0.25, 0.3) is 11.4 Å². The van der Waals surface area contributed by atoms with Crippen LogP contribution in [0.15, 0.2) is 48.5 Å². The molecule has 0 spiro atoms. The number of hydrogen-bond acceptors (Lipinski definition) is 5. The first-order valence-electron chi connectivity index (χ1n) is 8.14. The molecule has 3 rings (SSSR count). The van der Waals surface area contributed by atoms with Crippen LogP contribution < -0.4 is 10.1 Å². The van der Waals surface area contributed by atoms with Crippen molar-refractivity contribution >= 4 is 23.6 Å². The second-order valence-corrected chi connectivity index (χ2v) is 6.72. The number of para-hydroxylation sites is 1. The number of ether oxygens (including phenoxy) is 1. The second kappa shape index (κ2) is 8.53. The topological polar surface area (TPSA) is 79.9 Å². The third kappa shape index (κ3) is 4.64. The number of methoxy groups -OCH3 is 1. The van der Waals surface area contributed by atoms with E-state index >= 15 is 0 Å². The van der Waals surface area contributed by atoms with E-state index in [2.05, 4.69) is 51.7 Å². The molecule has 0 aliphatic rings. The summed E-state index contributed by atoms with van der Waals surface area (Å²) in [6.45, 7) is 2.06. The van der Waals surface area contributed by atoms with Crippen LogP contribution >= 0.6 is 11.8 Å². The van der Waals surface area contributed by atoms with Gasteiger partial charge in [0.25, 0.3) is 0 Å². The highest BCUT2D eigenvalue weighted by Gasteiger charge is 2.12. The van der Waals surface area contributed by atoms with Crippen LogP contribution in [0, 0.1) is 6.92 Å². The Balaban J connectivity index is 1.53. The maximum Gasteiger partial charge on any atom is 0.249 e. The number of amides is 1. The molecule has 0 radical (unpaired) electrons. The first kappa shape index (κ1) is 18.0. The number of hydrogen-bond donors (Lipinski definition) is 2. The Morgan fingerprint density at radius 1 is 1.19 bits per heavy atom. The Morgan fingerprint density at radius 3 is 2.73 bits per heavy atom. The number of carbonyl (C=O) groups is 1. The van der Waals surface area contributed by atoms with Crippen molar-refractivity contribution < 1.29 is 9.53 Å². The first-order chi connectivity index (χ1) is 12.7. The number of aromatic nitrogens is 3. The highest BCUT2D eigenvalue weighted by atomic mass is 32.2. The molecule has 0 atom stereocenters. The lowest BCUT2D eigenvalue weighted by molar-refractivity contribution is -0.113. The minimum atomic E-state index is -0.132. The molecule has 2 aromatic carbocycles. The van der Waals surface area contributed by atoms with E-state index in [0.717, 1.165) is 11.3 Å². The predicted molar refractivity (Wildman–Crippen MR) is 104 cm³/mol. The first-order valence-corrected chi connectivity index (χ1v) is 9.30. The normalized spacial score (nSPS) is 10.5. The Hall–Kier alpha value is -2.80. The van der Waals surface area contributed by atoms with Gasteiger partial charge in [-0.2, -0.15) is 4.98 Å². The van der Waals surface area contributed by atoms with Gasteiger partial charge in [0.15, 0.2) is 5.82 Å². The maximum absolute atomic E-state index is 12.1. The van der Waals surface area contributed by atoms with E-state index < -0.39 is 0 Å². The van der Waals surface area contributed by atoms with Gasteiger partial charge in [-0.3, -0.25) is 15.2 Å². The van der Waals surface area contributed by atoms with E-state index in [1.165, 1.54) is 11.1 Å². The summed E-state index contributed by atoms with van der Waals surface area (Å²) in [5.41, 5.74) is 3.22. The quantitative estimate of drug-likeness (QED) is 0.665. The van der Waals surface area contributed by atoms with E-state index in [1.54, 1.807) is 18.9 Å². The van der Waals surface area contributed by atoms with Crippen molar-refractivity contribution in [3.63, 3.8) is 0 Å². The summed E-state index contributed by atoms with van der Waals surface area (Å²) in [6.07, 6.45) is 0. The van der Waals surface area contributed by atoms with E-state index in [1.807, 2.05) is 24.3 Å². The molecular weight excluding hydrogens is 348 g/mol. The zero-order valence-corrected chi connectivity index (χ0v) is 15.5. The van der Waals surface area contributed by atoms with Gasteiger partial charge in [0.05, 0.1) is 18.4 Å². The predicted octanol–water partition coefficient (Wildman–Crippen LogP) is 3.66. The molecule has 1 amide bonds. The lowest BCUT2D eigenvalue weighted by atomic mass is 10.2. The van der Waals surface area contributed by atoms with Gasteiger partial charge in [-0.15, -0.1) is 16.9 Å². The third-order valence-electron chi connectivity index (χ3n) is 3.72. The van der Waals surface area contributed by atoms with Crippen LogP contribution in [0.4, 0.5) is 5.95 Å². The van der Waals surface area contributed by atoms with Crippen LogP contribution in [0.5, 0.6) is 5.75 Å². The highest BCUT2D eigenvalue weighted by molar-refractivity contribution is 7.99. The molecule has 0 unspecified atom stereocenters. The fourth-order valence-corrected chi connectivity index (χ4v) is 3.17. The summed E-state index contributed by atoms with van der Waals surface area (Å²) in [5.74, 6) is 2.49. The number of nitrogens with one attached hydrogen (secondary N) is 2. The Bertz CT molecular complexity index is 877. The van der Waals surface area contributed by atoms with Crippen molar-refractivity contribution in [3.8, 4) is 17.1 Å². The largest absolute Gasteiger partial charge is 0.496 e. The monoisotopic (exact) mass is 368 g/mol. The van der Waals surface area contributed by atoms with E-state index in [4.69, 9.17) is 4.74 Å². The van der Waals surface area contributed by atoms with Crippen molar-refractivity contribution in [2.75, 3.05) is 18.2 Å². The number of anilines is 1. The van der Waals surface area contributed by atoms with Gasteiger partial charge in [0, 0.05) is 5.75 Å². The zero-order chi connectivity index (χ0) is 18.4. The number of carbonyl (C=O) groups excluding carboxylic acids is 1. The summed E-state index contributed by atoms with van der Waals surface area (Å²) in [7, 11) is 1.60. The summed E-state index contributed by atoms with van der Waals surface area (Å²) in [6, 6.07) is 15.8. The van der Waals surface area contributed by atoms with Crippen LogP contribution in [0.1, 0.15) is 11.1 Å². The molecule has 0 bridgehead atoms. The molecule has 0 saturated carbocycles. The van der Waals surface area contributed by atoms with E-state index in [0.29, 0.717) is 17.3 Å². The Morgan fingerprint density at radius 2 is 1.96 bits per heavy atom. The number of rotatable bonds is 7. The fourth-order valence-electron chi connectivity index (χ4n) is 2.39. The van der Waals surface area contributed by atoms with Gasteiger partial charge in [-0.25, -0.2) is 0 Å². The average molecular weight is 368 g/mol. The van der Waals surface area contributed by atoms with E-state index in [-0.39, 0.29) is 11.9 Å². The SMILES string of the molecule is COc1ccccc1-c1nc(NC(=O)CSCc2ccc(C)cc2)n[nH]1. The Labute approximate surface area is 156 Å². The zero-order valence-electron chi connectivity index (χ0n) is 14.7. The lowest BCUT2D eigenvalue weighted by Crippen LogP contribution is -2.15. The third-order valence-corrected chi connectivity index (χ3v) is 4.72. The summed E-state index contributed by atoms with van der Waals surface area (Å²) >= 11 is 1.55. The number of thioether (sulfide) groups is 1. The molecule has 7 heteroatoms. The van der Waals surface area contributed by atoms with Crippen LogP contribution in [0.3, 0.4) is 0 Å². The van der Waals surface area contributed by atoms with Crippen LogP contribution in [-0.4, -0.2) is 34.0 Å². The molecule has 0 fully saturated rings. The number of aromatic amines is 1. The minimum absolute atomic E-state index is 0.132. The van der Waals surface area contributed by atoms with Crippen LogP contribution in [0.2, 0.25) is 0 Å². The number of nitrogens with zero attached hydrogens (tertiary/aromatic N) is 2. The maximum atomic E-state index is 12.1. The average Bonchev–Trinajstić information content (AvgIpc) is 3.11. The molecule has 134 valence electrons. The Kier molecular flexibility index (Phi) is 5.91. The molecule has 26 heavy (non-hydrogen) atoms. The number of aryl methyl sites for hydroxylation is 1. The molecule has 0 saturated heterocycles. The van der Waals surface area contributed by atoms with Crippen molar-refractivity contribution in [3.05, 3.63) is 59.7 Å². The van der Waals surface area contributed by atoms with Gasteiger partial charge < -0.3 is 4.74 Å². The minimum Gasteiger partial charge on any atom is -0.496 e. The molecule has 2 N–H and O–H groups in total. The fraction of sp³-hybridized carbons (Fsp3) is 0.211. The molecule has 3 aromatic rings. The number of H-pyrrole nitrogens is 1. The van der Waals surface area contributed by atoms with Gasteiger partial charge in [0.2, 0.25) is 11.9 Å². The molecular formula is C19H20N4O2S. The summed E-state index contributed by atoms with van der Waals surface area (Å²) in [5, 5.41) is 9.59. The van der Waals surface area contributed by atoms with Gasteiger partial charge in [0.1, 0.15) is 5.75 Å². The standard InChI is InChI=1S/C19H20N4O2S/c1-13-7-9-14(10-8-13)11-26-12-17(24)20-19-21-18(22-23-19)15-5-3-4-6-16(15)25-2/h3-10H,11-12H2,1-2H3,(H2,20,21,22,23,24). The molecule has 1 aromatic heterocycles. The molecule has 0 aliphatic carbocycles. The highest BCUT2D eigenvalue weighted by Crippen LogP contribution is 2.27. The summed E-state index contributed by atoms with van der Waals surface area (Å²) < 4.78 is 5.31. The molecule has 1 heterocycles. The van der Waals surface area contributed by atoms with Gasteiger partial charge in [-0.1, -0.05) is 42.0 Å². The second-order valence-electron chi connectivity index (χ2n) is 5.73. The summed E-state index contributed by atoms with van der Waals surface area (Å²) in [4.78, 5) is 16.4. The van der Waals surface area contributed by atoms with Crippen molar-refractivity contribution in [1.82, 2.24) is 15.2 Å². The van der Waals surface area contributed by atoms with Crippen molar-refractivity contribution in [2.24, 2.45) is 0 Å². The molecule has 6 nitrogen and oxygen atoms in total. The van der Waals surface area contributed by atoms with Crippen LogP contribution in [-0.2, 0) is 10.5 Å².